The number of hydrogen-bond donors (Lipinski definition) is 2. The number of fused-ring (bicyclic) bond motifs is 3. The Morgan fingerprint density at radius 1 is 1.02 bits per heavy atom. The zero-order valence-corrected chi connectivity index (χ0v) is 27.6. The number of aliphatic hydroxyl groups is 1. The van der Waals surface area contributed by atoms with Crippen LogP contribution in [-0.2, 0) is 6.42 Å². The van der Waals surface area contributed by atoms with E-state index in [-0.39, 0.29) is 51.8 Å². The van der Waals surface area contributed by atoms with E-state index in [2.05, 4.69) is 21.9 Å². The van der Waals surface area contributed by atoms with Crippen LogP contribution in [0.1, 0.15) is 64.4 Å². The molecular formula is C36H43F2N5O4. The van der Waals surface area contributed by atoms with Crippen LogP contribution >= 0.6 is 0 Å². The SMILES string of the molecule is CCc1c(F)ccc2cc(O)cc(-c3nc(OC)c4c(N5CCCC(C)(O)C5)nc(OC[C@]56CCC[C@H]5N(C)CCC6)nc4c3F)c12. The molecule has 2 N–H and O–H groups in total. The number of nitrogens with zero attached hydrogens (tertiary/aromatic N) is 5. The summed E-state index contributed by atoms with van der Waals surface area (Å²) in [6.45, 7) is 5.95. The van der Waals surface area contributed by atoms with E-state index in [9.17, 15) is 10.2 Å². The second-order valence-corrected chi connectivity index (χ2v) is 14.0. The minimum Gasteiger partial charge on any atom is -0.508 e. The molecule has 9 nitrogen and oxygen atoms in total. The Morgan fingerprint density at radius 2 is 1.81 bits per heavy atom. The number of piperidine rings is 2. The van der Waals surface area contributed by atoms with Crippen molar-refractivity contribution >= 4 is 27.5 Å². The van der Waals surface area contributed by atoms with Crippen molar-refractivity contribution in [2.75, 3.05) is 45.3 Å². The Kier molecular flexibility index (Phi) is 8.11. The maximum absolute atomic E-state index is 17.1. The number of anilines is 1. The molecule has 2 saturated heterocycles. The summed E-state index contributed by atoms with van der Waals surface area (Å²) in [5.41, 5.74) is -0.552. The number of phenols is 1. The first-order valence-corrected chi connectivity index (χ1v) is 16.7. The monoisotopic (exact) mass is 647 g/mol. The first-order valence-electron chi connectivity index (χ1n) is 16.7. The van der Waals surface area contributed by atoms with Crippen LogP contribution in [0.15, 0.2) is 24.3 Å². The quantitative estimate of drug-likeness (QED) is 0.236. The second-order valence-electron chi connectivity index (χ2n) is 14.0. The molecule has 0 radical (unpaired) electrons. The molecule has 1 saturated carbocycles. The molecule has 0 bridgehead atoms. The van der Waals surface area contributed by atoms with E-state index < -0.39 is 17.2 Å². The van der Waals surface area contributed by atoms with Crippen molar-refractivity contribution in [1.29, 1.82) is 0 Å². The van der Waals surface area contributed by atoms with Crippen LogP contribution in [-0.4, -0.2) is 82.1 Å². The van der Waals surface area contributed by atoms with E-state index in [1.807, 2.05) is 11.8 Å². The van der Waals surface area contributed by atoms with E-state index in [0.29, 0.717) is 60.6 Å². The standard InChI is InChI=1S/C36H43F2N5O4/c1-5-23-25(37)11-10-21-17-22(44)18-24(27(21)23)30-29(38)31-28(33(39-30)46-4)32(43-16-7-12-35(2,45)19-43)41-34(40-31)47-20-36-13-6-9-26(36)42(3)15-8-14-36/h10-11,17-18,26,44-45H,5-9,12-16,19-20H2,1-4H3/t26-,35?,36-/m1/s1. The minimum atomic E-state index is -0.973. The maximum atomic E-state index is 17.1. The number of hydrogen-bond acceptors (Lipinski definition) is 9. The lowest BCUT2D eigenvalue weighted by Crippen LogP contribution is -2.50. The van der Waals surface area contributed by atoms with Gasteiger partial charge in [0.05, 0.1) is 19.3 Å². The molecule has 250 valence electrons. The third kappa shape index (κ3) is 5.51. The number of likely N-dealkylation sites (tertiary alicyclic amines) is 1. The van der Waals surface area contributed by atoms with Gasteiger partial charge in [-0.15, -0.1) is 0 Å². The molecule has 1 aliphatic carbocycles. The summed E-state index contributed by atoms with van der Waals surface area (Å²) in [5, 5.41) is 23.0. The van der Waals surface area contributed by atoms with Gasteiger partial charge in [0.15, 0.2) is 5.82 Å². The number of ether oxygens (including phenoxy) is 2. The fourth-order valence-electron chi connectivity index (χ4n) is 8.54. The van der Waals surface area contributed by atoms with E-state index in [0.717, 1.165) is 38.6 Å². The van der Waals surface area contributed by atoms with Gasteiger partial charge in [-0.05, 0) is 100.0 Å². The minimum absolute atomic E-state index is 0.0268. The van der Waals surface area contributed by atoms with Gasteiger partial charge in [-0.2, -0.15) is 9.97 Å². The van der Waals surface area contributed by atoms with Gasteiger partial charge in [-0.25, -0.2) is 13.8 Å². The molecule has 4 aromatic rings. The van der Waals surface area contributed by atoms with Crippen molar-refractivity contribution < 1.29 is 28.5 Å². The lowest BCUT2D eigenvalue weighted by molar-refractivity contribution is 0.0132. The molecule has 4 heterocycles. The van der Waals surface area contributed by atoms with Crippen molar-refractivity contribution in [3.05, 3.63) is 41.5 Å². The van der Waals surface area contributed by atoms with Crippen molar-refractivity contribution in [1.82, 2.24) is 19.9 Å². The molecule has 3 atom stereocenters. The van der Waals surface area contributed by atoms with Gasteiger partial charge < -0.3 is 29.5 Å². The van der Waals surface area contributed by atoms with E-state index in [1.54, 1.807) is 13.0 Å². The van der Waals surface area contributed by atoms with Crippen LogP contribution in [0.25, 0.3) is 32.9 Å². The van der Waals surface area contributed by atoms with Crippen molar-refractivity contribution in [3.63, 3.8) is 0 Å². The average Bonchev–Trinajstić information content (AvgIpc) is 3.49. The van der Waals surface area contributed by atoms with Crippen LogP contribution in [0, 0.1) is 17.0 Å². The largest absolute Gasteiger partial charge is 0.508 e. The van der Waals surface area contributed by atoms with Crippen LogP contribution in [0.3, 0.4) is 0 Å². The lowest BCUT2D eigenvalue weighted by Gasteiger charge is -2.44. The van der Waals surface area contributed by atoms with Gasteiger partial charge in [-0.1, -0.05) is 19.4 Å². The van der Waals surface area contributed by atoms with E-state index in [4.69, 9.17) is 14.5 Å². The average molecular weight is 648 g/mol. The molecule has 0 spiro atoms. The van der Waals surface area contributed by atoms with Gasteiger partial charge in [0.25, 0.3) is 0 Å². The normalized spacial score (nSPS) is 25.0. The van der Waals surface area contributed by atoms with E-state index in [1.165, 1.54) is 25.3 Å². The molecule has 0 amide bonds. The second kappa shape index (κ2) is 12.0. The Balaban J connectivity index is 1.43. The summed E-state index contributed by atoms with van der Waals surface area (Å²) in [6.07, 6.45) is 7.12. The van der Waals surface area contributed by atoms with Crippen molar-refractivity contribution in [2.24, 2.45) is 5.41 Å². The topological polar surface area (TPSA) is 104 Å². The highest BCUT2D eigenvalue weighted by atomic mass is 19.1. The summed E-state index contributed by atoms with van der Waals surface area (Å²) in [4.78, 5) is 18.5. The Labute approximate surface area is 273 Å². The van der Waals surface area contributed by atoms with Gasteiger partial charge in [0, 0.05) is 30.1 Å². The molecule has 3 aliphatic rings. The number of aromatic nitrogens is 3. The molecular weight excluding hydrogens is 604 g/mol. The third-order valence-corrected chi connectivity index (χ3v) is 10.7. The molecule has 7 rings (SSSR count). The summed E-state index contributed by atoms with van der Waals surface area (Å²) in [6, 6.07) is 6.30. The number of aromatic hydroxyl groups is 1. The molecule has 1 unspecified atom stereocenters. The number of pyridine rings is 1. The fraction of sp³-hybridized carbons (Fsp3) is 0.528. The van der Waals surface area contributed by atoms with Gasteiger partial charge in [0.2, 0.25) is 5.88 Å². The summed E-state index contributed by atoms with van der Waals surface area (Å²) in [5.74, 6) is -0.826. The van der Waals surface area contributed by atoms with Crippen LogP contribution in [0.5, 0.6) is 17.6 Å². The Bertz CT molecular complexity index is 1850. The zero-order valence-electron chi connectivity index (χ0n) is 27.6. The van der Waals surface area contributed by atoms with Crippen LogP contribution in [0.2, 0.25) is 0 Å². The Morgan fingerprint density at radius 3 is 2.57 bits per heavy atom. The number of benzene rings is 2. The Hall–Kier alpha value is -3.83. The molecule has 2 aromatic heterocycles. The molecule has 2 aliphatic heterocycles. The fourth-order valence-corrected chi connectivity index (χ4v) is 8.54. The van der Waals surface area contributed by atoms with Crippen LogP contribution < -0.4 is 14.4 Å². The smallest absolute Gasteiger partial charge is 0.319 e. The number of β-amino-alcohol motifs (C(OH)–C–C–N with tert-alkyl or cyclic N) is 1. The number of rotatable bonds is 7. The molecule has 3 fully saturated rings. The van der Waals surface area contributed by atoms with Crippen LogP contribution in [0.4, 0.5) is 14.6 Å². The highest BCUT2D eigenvalue weighted by Gasteiger charge is 2.47. The third-order valence-electron chi connectivity index (χ3n) is 10.7. The molecule has 11 heteroatoms. The molecule has 47 heavy (non-hydrogen) atoms. The predicted octanol–water partition coefficient (Wildman–Crippen LogP) is 6.39. The highest BCUT2D eigenvalue weighted by Crippen LogP contribution is 2.48. The number of methoxy groups -OCH3 is 1. The summed E-state index contributed by atoms with van der Waals surface area (Å²) in [7, 11) is 3.62. The van der Waals surface area contributed by atoms with Gasteiger partial charge in [0.1, 0.15) is 34.0 Å². The number of aryl methyl sites for hydroxylation is 1. The van der Waals surface area contributed by atoms with Crippen molar-refractivity contribution in [2.45, 2.75) is 76.9 Å². The molecule has 2 aromatic carbocycles. The first-order chi connectivity index (χ1) is 22.5. The zero-order chi connectivity index (χ0) is 33.1. The van der Waals surface area contributed by atoms with Gasteiger partial charge >= 0.3 is 6.01 Å². The highest BCUT2D eigenvalue weighted by molar-refractivity contribution is 6.03. The lowest BCUT2D eigenvalue weighted by atomic mass is 9.76. The van der Waals surface area contributed by atoms with Gasteiger partial charge in [-0.3, -0.25) is 0 Å². The number of halogens is 2. The maximum Gasteiger partial charge on any atom is 0.319 e. The summed E-state index contributed by atoms with van der Waals surface area (Å²) < 4.78 is 44.4. The van der Waals surface area contributed by atoms with Crippen molar-refractivity contribution in [3.8, 4) is 28.9 Å². The number of phenolic OH excluding ortho intramolecular Hbond substituents is 1. The summed E-state index contributed by atoms with van der Waals surface area (Å²) >= 11 is 0. The van der Waals surface area contributed by atoms with E-state index >= 15 is 8.78 Å². The predicted molar refractivity (Wildman–Crippen MR) is 177 cm³/mol. The first kappa shape index (κ1) is 31.8.